The molecule has 0 spiro atoms. The summed E-state index contributed by atoms with van der Waals surface area (Å²) >= 11 is 1.41. The van der Waals surface area contributed by atoms with E-state index in [-0.39, 0.29) is 40.8 Å². The Morgan fingerprint density at radius 2 is 1.89 bits per heavy atom. The van der Waals surface area contributed by atoms with Crippen LogP contribution in [0.2, 0.25) is 0 Å². The van der Waals surface area contributed by atoms with E-state index in [1.807, 2.05) is 6.92 Å². The molecule has 210 valence electrons. The van der Waals surface area contributed by atoms with Crippen LogP contribution in [0.1, 0.15) is 59.8 Å². The van der Waals surface area contributed by atoms with E-state index < -0.39 is 30.4 Å². The maximum absolute atomic E-state index is 13.3. The van der Waals surface area contributed by atoms with Gasteiger partial charge >= 0.3 is 12.1 Å². The second kappa shape index (κ2) is 11.9. The third-order valence-corrected chi connectivity index (χ3v) is 8.66. The quantitative estimate of drug-likeness (QED) is 0.241. The van der Waals surface area contributed by atoms with Gasteiger partial charge in [0.25, 0.3) is 0 Å². The number of ether oxygens (including phenoxy) is 3. The maximum atomic E-state index is 13.3. The highest BCUT2D eigenvalue weighted by atomic mass is 32.2. The summed E-state index contributed by atoms with van der Waals surface area (Å²) in [5, 5.41) is 15.8. The van der Waals surface area contributed by atoms with Crippen LogP contribution in [0.5, 0.6) is 0 Å². The number of carbonyl (C=O) groups is 4. The molecule has 38 heavy (non-hydrogen) atoms. The lowest BCUT2D eigenvalue weighted by Crippen LogP contribution is -2.63. The summed E-state index contributed by atoms with van der Waals surface area (Å²) in [6, 6.07) is -0.380. The Labute approximate surface area is 225 Å². The van der Waals surface area contributed by atoms with Gasteiger partial charge < -0.3 is 29.5 Å². The van der Waals surface area contributed by atoms with Crippen LogP contribution in [0.25, 0.3) is 0 Å². The van der Waals surface area contributed by atoms with Gasteiger partial charge in [-0.2, -0.15) is 0 Å². The highest BCUT2D eigenvalue weighted by Crippen LogP contribution is 2.51. The molecule has 0 aromatic rings. The van der Waals surface area contributed by atoms with Gasteiger partial charge in [0.15, 0.2) is 5.96 Å². The van der Waals surface area contributed by atoms with Gasteiger partial charge in [-0.3, -0.25) is 19.9 Å². The van der Waals surface area contributed by atoms with Crippen molar-refractivity contribution < 1.29 is 38.5 Å². The molecule has 1 saturated carbocycles. The molecule has 0 aromatic carbocycles. The van der Waals surface area contributed by atoms with Gasteiger partial charge in [-0.05, 0) is 32.6 Å². The number of hydrogen-bond acceptors (Lipinski definition) is 11. The van der Waals surface area contributed by atoms with Crippen molar-refractivity contribution in [2.24, 2.45) is 16.8 Å². The molecule has 12 nitrogen and oxygen atoms in total. The molecule has 3 heterocycles. The second-order valence-electron chi connectivity index (χ2n) is 10.2. The molecule has 2 unspecified atom stereocenters. The molecule has 0 bridgehead atoms. The average Bonchev–Trinajstić information content (AvgIpc) is 3.08. The smallest absolute Gasteiger partial charge is 0.431 e. The summed E-state index contributed by atoms with van der Waals surface area (Å²) in [5.74, 6) is -1.83. The number of thioether (sulfide) groups is 1. The number of guanidine groups is 1. The van der Waals surface area contributed by atoms with Crippen molar-refractivity contribution in [1.29, 1.82) is 0 Å². The predicted molar refractivity (Wildman–Crippen MR) is 137 cm³/mol. The van der Waals surface area contributed by atoms with E-state index in [0.29, 0.717) is 24.0 Å². The van der Waals surface area contributed by atoms with E-state index in [2.05, 4.69) is 15.6 Å². The van der Waals surface area contributed by atoms with E-state index >= 15 is 0 Å². The standard InChI is InChI=1S/C25H36N4O8S/c1-12-19-18(13(2)30)22(32)29(19)20(21(12)38-17-10-26-24(27-11-17)28-14(3)31)23(33)35-15(4)36-25(34)37-16-8-6-5-7-9-16/h12-13,15-19,30H,5-11H2,1-4H3,(H2,26,27,28,31)/t12-,13-,15?,18-,19-/m1/s1. The molecule has 2 fully saturated rings. The lowest BCUT2D eigenvalue weighted by atomic mass is 9.79. The second-order valence-corrected chi connectivity index (χ2v) is 11.5. The summed E-state index contributed by atoms with van der Waals surface area (Å²) in [5.41, 5.74) is 0.0992. The number of aliphatic imine (C=N–C) groups is 1. The number of nitrogens with one attached hydrogen (secondary N) is 2. The Morgan fingerprint density at radius 3 is 2.50 bits per heavy atom. The normalized spacial score (nSPS) is 28.8. The number of fused-ring (bicyclic) bond motifs is 1. The summed E-state index contributed by atoms with van der Waals surface area (Å²) in [4.78, 5) is 56.2. The first kappa shape index (κ1) is 28.2. The molecule has 6 atom stereocenters. The van der Waals surface area contributed by atoms with Crippen molar-refractivity contribution >= 4 is 41.7 Å². The van der Waals surface area contributed by atoms with Gasteiger partial charge in [-0.1, -0.05) is 13.3 Å². The van der Waals surface area contributed by atoms with E-state index in [4.69, 9.17) is 14.2 Å². The fraction of sp³-hybridized carbons (Fsp3) is 0.720. The number of aliphatic hydroxyl groups is 1. The molecule has 4 rings (SSSR count). The zero-order chi connectivity index (χ0) is 27.6. The summed E-state index contributed by atoms with van der Waals surface area (Å²) in [6.07, 6.45) is 1.47. The number of hydrogen-bond donors (Lipinski definition) is 3. The molecule has 0 radical (unpaired) electrons. The number of carbonyl (C=O) groups excluding carboxylic acids is 4. The Bertz CT molecular complexity index is 1020. The van der Waals surface area contributed by atoms with Crippen molar-refractivity contribution in [2.75, 3.05) is 13.1 Å². The third kappa shape index (κ3) is 6.09. The van der Waals surface area contributed by atoms with Gasteiger partial charge in [-0.15, -0.1) is 11.8 Å². The van der Waals surface area contributed by atoms with Crippen LogP contribution in [0.3, 0.4) is 0 Å². The average molecular weight is 553 g/mol. The SMILES string of the molecule is CC(=O)NC1=NCC(SC2=C(C(=O)OC(C)OC(=O)OC3CCCCC3)N3C(=O)[C@H]([C@@H](C)O)[C@H]3[C@H]2C)CN1. The Hall–Kier alpha value is -2.80. The minimum absolute atomic E-state index is 0.0781. The lowest BCUT2D eigenvalue weighted by molar-refractivity contribution is -0.174. The zero-order valence-corrected chi connectivity index (χ0v) is 22.9. The summed E-state index contributed by atoms with van der Waals surface area (Å²) in [7, 11) is 0. The highest BCUT2D eigenvalue weighted by Gasteiger charge is 2.60. The molecule has 3 N–H and O–H groups in total. The van der Waals surface area contributed by atoms with Crippen LogP contribution in [0, 0.1) is 11.8 Å². The number of esters is 1. The van der Waals surface area contributed by atoms with Gasteiger partial charge in [0.05, 0.1) is 24.6 Å². The number of rotatable bonds is 7. The molecule has 2 amide bonds. The van der Waals surface area contributed by atoms with Crippen molar-refractivity contribution in [2.45, 2.75) is 89.6 Å². The number of aliphatic hydroxyl groups excluding tert-OH is 1. The minimum atomic E-state index is -1.23. The monoisotopic (exact) mass is 552 g/mol. The van der Waals surface area contributed by atoms with Crippen molar-refractivity contribution in [1.82, 2.24) is 15.5 Å². The topological polar surface area (TPSA) is 156 Å². The van der Waals surface area contributed by atoms with Gasteiger partial charge in [0.2, 0.25) is 18.1 Å². The predicted octanol–water partition coefficient (Wildman–Crippen LogP) is 1.63. The van der Waals surface area contributed by atoms with Crippen LogP contribution in [-0.2, 0) is 28.6 Å². The minimum Gasteiger partial charge on any atom is -0.431 e. The van der Waals surface area contributed by atoms with E-state index in [9.17, 15) is 24.3 Å². The number of β-lactam (4-membered cyclic amide) rings is 1. The molecule has 0 aromatic heterocycles. The van der Waals surface area contributed by atoms with Gasteiger partial charge in [0.1, 0.15) is 11.8 Å². The lowest BCUT2D eigenvalue weighted by Gasteiger charge is -2.46. The molecular formula is C25H36N4O8S. The first-order valence-corrected chi connectivity index (χ1v) is 14.0. The van der Waals surface area contributed by atoms with Gasteiger partial charge in [0, 0.05) is 36.5 Å². The fourth-order valence-electron chi connectivity index (χ4n) is 5.42. The van der Waals surface area contributed by atoms with Crippen LogP contribution >= 0.6 is 11.8 Å². The first-order chi connectivity index (χ1) is 18.1. The Morgan fingerprint density at radius 1 is 1.18 bits per heavy atom. The Balaban J connectivity index is 1.45. The maximum Gasteiger partial charge on any atom is 0.511 e. The van der Waals surface area contributed by atoms with Crippen molar-refractivity contribution in [3.63, 3.8) is 0 Å². The first-order valence-electron chi connectivity index (χ1n) is 13.1. The van der Waals surface area contributed by atoms with E-state index in [1.54, 1.807) is 6.92 Å². The molecule has 13 heteroatoms. The Kier molecular flexibility index (Phi) is 8.86. The largest absolute Gasteiger partial charge is 0.511 e. The van der Waals surface area contributed by atoms with E-state index in [0.717, 1.165) is 32.1 Å². The molecule has 1 saturated heterocycles. The molecule has 4 aliphatic rings. The van der Waals surface area contributed by atoms with Crippen LogP contribution in [0.15, 0.2) is 15.6 Å². The summed E-state index contributed by atoms with van der Waals surface area (Å²) in [6.45, 7) is 7.15. The van der Waals surface area contributed by atoms with Crippen LogP contribution in [-0.4, -0.2) is 82.8 Å². The van der Waals surface area contributed by atoms with E-state index in [1.165, 1.54) is 30.5 Å². The summed E-state index contributed by atoms with van der Waals surface area (Å²) < 4.78 is 15.9. The van der Waals surface area contributed by atoms with Gasteiger partial charge in [-0.25, -0.2) is 9.59 Å². The molecular weight excluding hydrogens is 516 g/mol. The van der Waals surface area contributed by atoms with Crippen molar-refractivity contribution in [3.05, 3.63) is 10.6 Å². The molecule has 1 aliphatic carbocycles. The fourth-order valence-corrected chi connectivity index (χ4v) is 6.74. The zero-order valence-electron chi connectivity index (χ0n) is 22.1. The number of amides is 2. The van der Waals surface area contributed by atoms with Crippen molar-refractivity contribution in [3.8, 4) is 0 Å². The molecule has 3 aliphatic heterocycles. The third-order valence-electron chi connectivity index (χ3n) is 7.19. The van der Waals surface area contributed by atoms with Crippen LogP contribution < -0.4 is 10.6 Å². The van der Waals surface area contributed by atoms with Crippen LogP contribution in [0.4, 0.5) is 4.79 Å². The highest BCUT2D eigenvalue weighted by molar-refractivity contribution is 8.03. The number of nitrogens with zero attached hydrogens (tertiary/aromatic N) is 2.